The number of benzene rings is 2. The van der Waals surface area contributed by atoms with Gasteiger partial charge in [-0.15, -0.1) is 0 Å². The van der Waals surface area contributed by atoms with E-state index < -0.39 is 18.4 Å². The Morgan fingerprint density at radius 3 is 2.50 bits per heavy atom. The summed E-state index contributed by atoms with van der Waals surface area (Å²) < 4.78 is 22.6. The molecule has 0 bridgehead atoms. The summed E-state index contributed by atoms with van der Waals surface area (Å²) in [6.07, 6.45) is 0. The van der Waals surface area contributed by atoms with Gasteiger partial charge in [-0.1, -0.05) is 36.4 Å². The zero-order valence-corrected chi connectivity index (χ0v) is 14.1. The quantitative estimate of drug-likeness (QED) is 0.655. The summed E-state index contributed by atoms with van der Waals surface area (Å²) in [5, 5.41) is 4.24. The van der Waals surface area contributed by atoms with Gasteiger partial charge in [-0.3, -0.25) is 4.79 Å². The molecule has 2 rings (SSSR count). The first-order chi connectivity index (χ1) is 10.2. The molecule has 1 atom stereocenters. The SMILES string of the molecule is COC(=O)C(C)(C)NP(=O)(Cl)Oc1cccc2ccccc12. The molecule has 2 aromatic carbocycles. The molecule has 22 heavy (non-hydrogen) atoms. The molecule has 0 fully saturated rings. The van der Waals surface area contributed by atoms with Crippen molar-refractivity contribution in [1.29, 1.82) is 0 Å². The second-order valence-corrected chi connectivity index (χ2v) is 7.98. The molecule has 7 heteroatoms. The van der Waals surface area contributed by atoms with Crippen LogP contribution < -0.4 is 9.61 Å². The fourth-order valence-electron chi connectivity index (χ4n) is 2.06. The molecule has 0 amide bonds. The standard InChI is InChI=1S/C15H17ClNO4P/c1-15(2,14(18)20-3)17-22(16,19)21-13-10-6-8-11-7-4-5-9-12(11)13/h4-10H,1-3H3,(H,17,19). The second kappa shape index (κ2) is 6.29. The van der Waals surface area contributed by atoms with Crippen molar-refractivity contribution in [3.05, 3.63) is 42.5 Å². The highest BCUT2D eigenvalue weighted by atomic mass is 35.7. The van der Waals surface area contributed by atoms with Crippen LogP contribution in [0, 0.1) is 0 Å². The smallest absolute Gasteiger partial charge is 0.410 e. The second-order valence-electron chi connectivity index (χ2n) is 5.28. The van der Waals surface area contributed by atoms with Crippen molar-refractivity contribution in [3.63, 3.8) is 0 Å². The minimum Gasteiger partial charge on any atom is -0.468 e. The largest absolute Gasteiger partial charge is 0.468 e. The zero-order valence-electron chi connectivity index (χ0n) is 12.5. The maximum Gasteiger partial charge on any atom is 0.410 e. The van der Waals surface area contributed by atoms with Crippen LogP contribution in [-0.2, 0) is 14.1 Å². The summed E-state index contributed by atoms with van der Waals surface area (Å²) in [6, 6.07) is 12.8. The highest BCUT2D eigenvalue weighted by molar-refractivity contribution is 7.84. The first-order valence-electron chi connectivity index (χ1n) is 6.60. The third-order valence-corrected chi connectivity index (χ3v) is 4.79. The van der Waals surface area contributed by atoms with Crippen LogP contribution in [0.5, 0.6) is 5.75 Å². The van der Waals surface area contributed by atoms with Crippen molar-refractivity contribution in [3.8, 4) is 5.75 Å². The molecule has 0 aliphatic carbocycles. The van der Waals surface area contributed by atoms with E-state index in [9.17, 15) is 9.36 Å². The highest BCUT2D eigenvalue weighted by Crippen LogP contribution is 2.51. The van der Waals surface area contributed by atoms with Crippen LogP contribution >= 0.6 is 18.1 Å². The molecule has 0 spiro atoms. The Labute approximate surface area is 133 Å². The summed E-state index contributed by atoms with van der Waals surface area (Å²) in [4.78, 5) is 11.7. The number of halogens is 1. The molecule has 118 valence electrons. The number of carbonyl (C=O) groups is 1. The van der Waals surface area contributed by atoms with Gasteiger partial charge in [0.1, 0.15) is 11.3 Å². The molecule has 0 saturated carbocycles. The number of esters is 1. The minimum absolute atomic E-state index is 0.379. The van der Waals surface area contributed by atoms with E-state index in [0.29, 0.717) is 5.75 Å². The van der Waals surface area contributed by atoms with Crippen LogP contribution in [0.3, 0.4) is 0 Å². The molecular weight excluding hydrogens is 325 g/mol. The number of methoxy groups -OCH3 is 1. The molecule has 0 saturated heterocycles. The van der Waals surface area contributed by atoms with E-state index in [4.69, 9.17) is 15.8 Å². The van der Waals surface area contributed by atoms with Gasteiger partial charge in [-0.25, -0.2) is 9.65 Å². The van der Waals surface area contributed by atoms with Gasteiger partial charge in [-0.05, 0) is 25.3 Å². The van der Waals surface area contributed by atoms with Gasteiger partial charge in [0.2, 0.25) is 0 Å². The third kappa shape index (κ3) is 3.80. The van der Waals surface area contributed by atoms with Crippen molar-refractivity contribution in [1.82, 2.24) is 5.09 Å². The zero-order chi connectivity index (χ0) is 16.4. The fraction of sp³-hybridized carbons (Fsp3) is 0.267. The van der Waals surface area contributed by atoms with E-state index in [1.54, 1.807) is 12.1 Å². The predicted octanol–water partition coefficient (Wildman–Crippen LogP) is 4.11. The Bertz CT molecular complexity index is 742. The van der Waals surface area contributed by atoms with E-state index in [2.05, 4.69) is 9.82 Å². The van der Waals surface area contributed by atoms with Crippen LogP contribution in [0.15, 0.2) is 42.5 Å². The molecule has 0 heterocycles. The lowest BCUT2D eigenvalue weighted by Crippen LogP contribution is -2.45. The Balaban J connectivity index is 2.28. The summed E-state index contributed by atoms with van der Waals surface area (Å²) in [5.74, 6) is -0.209. The number of hydrogen-bond donors (Lipinski definition) is 1. The van der Waals surface area contributed by atoms with Crippen LogP contribution in [0.4, 0.5) is 0 Å². The molecule has 0 radical (unpaired) electrons. The minimum atomic E-state index is -3.79. The maximum absolute atomic E-state index is 12.5. The lowest BCUT2D eigenvalue weighted by molar-refractivity contribution is -0.146. The third-order valence-electron chi connectivity index (χ3n) is 3.07. The molecule has 1 N–H and O–H groups in total. The van der Waals surface area contributed by atoms with Gasteiger partial charge in [0.15, 0.2) is 0 Å². The number of ether oxygens (including phenoxy) is 1. The molecular formula is C15H17ClNO4P. The number of rotatable bonds is 5. The highest BCUT2D eigenvalue weighted by Gasteiger charge is 2.37. The first kappa shape index (κ1) is 16.8. The lowest BCUT2D eigenvalue weighted by Gasteiger charge is -2.26. The first-order valence-corrected chi connectivity index (χ1v) is 9.13. The summed E-state index contributed by atoms with van der Waals surface area (Å²) in [5.41, 5.74) is -1.24. The number of hydrogen-bond acceptors (Lipinski definition) is 4. The average molecular weight is 342 g/mol. The predicted molar refractivity (Wildman–Crippen MR) is 87.3 cm³/mol. The average Bonchev–Trinajstić information content (AvgIpc) is 2.45. The van der Waals surface area contributed by atoms with E-state index >= 15 is 0 Å². The molecule has 0 aromatic heterocycles. The Morgan fingerprint density at radius 2 is 1.82 bits per heavy atom. The molecule has 0 aliphatic rings. The summed E-state index contributed by atoms with van der Waals surface area (Å²) in [7, 11) is 1.25. The van der Waals surface area contributed by atoms with Gasteiger partial charge < -0.3 is 9.26 Å². The Kier molecular flexibility index (Phi) is 4.81. The normalized spacial score (nSPS) is 14.4. The lowest BCUT2D eigenvalue weighted by atomic mass is 10.1. The Morgan fingerprint density at radius 1 is 1.18 bits per heavy atom. The number of carbonyl (C=O) groups excluding carboxylic acids is 1. The topological polar surface area (TPSA) is 64.6 Å². The molecule has 2 aromatic rings. The van der Waals surface area contributed by atoms with Crippen molar-refractivity contribution in [2.45, 2.75) is 19.4 Å². The van der Waals surface area contributed by atoms with Gasteiger partial charge >= 0.3 is 12.8 Å². The monoisotopic (exact) mass is 341 g/mol. The van der Waals surface area contributed by atoms with Crippen LogP contribution in [0.25, 0.3) is 10.8 Å². The maximum atomic E-state index is 12.5. The molecule has 1 unspecified atom stereocenters. The summed E-state index contributed by atoms with van der Waals surface area (Å²) in [6.45, 7) is -0.758. The van der Waals surface area contributed by atoms with Gasteiger partial charge in [-0.2, -0.15) is 0 Å². The van der Waals surface area contributed by atoms with Crippen molar-refractivity contribution in [2.75, 3.05) is 7.11 Å². The van der Waals surface area contributed by atoms with E-state index in [-0.39, 0.29) is 0 Å². The molecule has 5 nitrogen and oxygen atoms in total. The Hall–Kier alpha value is -1.55. The van der Waals surface area contributed by atoms with Gasteiger partial charge in [0, 0.05) is 16.6 Å². The van der Waals surface area contributed by atoms with Crippen molar-refractivity contribution >= 4 is 34.9 Å². The van der Waals surface area contributed by atoms with Crippen LogP contribution in [-0.4, -0.2) is 18.6 Å². The molecule has 0 aliphatic heterocycles. The summed E-state index contributed by atoms with van der Waals surface area (Å²) >= 11 is 5.97. The fourth-order valence-corrected chi connectivity index (χ4v) is 4.13. The van der Waals surface area contributed by atoms with Crippen LogP contribution in [0.2, 0.25) is 0 Å². The van der Waals surface area contributed by atoms with E-state index in [1.807, 2.05) is 30.3 Å². The number of fused-ring (bicyclic) bond motifs is 1. The van der Waals surface area contributed by atoms with Crippen molar-refractivity contribution < 1.29 is 18.6 Å². The van der Waals surface area contributed by atoms with E-state index in [0.717, 1.165) is 10.8 Å². The van der Waals surface area contributed by atoms with Crippen molar-refractivity contribution in [2.24, 2.45) is 0 Å². The van der Waals surface area contributed by atoms with Gasteiger partial charge in [0.25, 0.3) is 0 Å². The van der Waals surface area contributed by atoms with E-state index in [1.165, 1.54) is 21.0 Å². The van der Waals surface area contributed by atoms with Crippen LogP contribution in [0.1, 0.15) is 13.8 Å². The number of nitrogens with one attached hydrogen (secondary N) is 1. The van der Waals surface area contributed by atoms with Gasteiger partial charge in [0.05, 0.1) is 7.11 Å².